The van der Waals surface area contributed by atoms with Crippen LogP contribution in [-0.2, 0) is 12.7 Å². The fourth-order valence-electron chi connectivity index (χ4n) is 1.42. The van der Waals surface area contributed by atoms with Crippen molar-refractivity contribution in [3.05, 3.63) is 51.6 Å². The van der Waals surface area contributed by atoms with Gasteiger partial charge in [0.1, 0.15) is 0 Å². The van der Waals surface area contributed by atoms with E-state index in [0.717, 1.165) is 21.5 Å². The lowest BCUT2D eigenvalue weighted by atomic mass is 10.1. The van der Waals surface area contributed by atoms with Crippen molar-refractivity contribution in [1.82, 2.24) is 9.55 Å². The molecule has 0 aliphatic heterocycles. The Hall–Kier alpha value is -1.05. The minimum Gasteiger partial charge on any atom is -0.322 e. The van der Waals surface area contributed by atoms with E-state index in [4.69, 9.17) is 0 Å². The quantitative estimate of drug-likeness (QED) is 0.756. The summed E-state index contributed by atoms with van der Waals surface area (Å²) in [5.74, 6) is 0. The minimum atomic E-state index is -4.28. The van der Waals surface area contributed by atoms with Crippen molar-refractivity contribution in [2.45, 2.75) is 12.7 Å². The molecular weight excluding hydrogens is 344 g/mol. The average molecular weight is 352 g/mol. The summed E-state index contributed by atoms with van der Waals surface area (Å²) in [6.45, 7) is 0.524. The molecule has 6 heteroatoms. The van der Waals surface area contributed by atoms with E-state index >= 15 is 0 Å². The van der Waals surface area contributed by atoms with E-state index in [2.05, 4.69) is 27.6 Å². The van der Waals surface area contributed by atoms with Gasteiger partial charge in [-0.05, 0) is 40.3 Å². The molecule has 0 atom stereocenters. The summed E-state index contributed by atoms with van der Waals surface area (Å²) in [5, 5.41) is 0. The molecule has 0 bridgehead atoms. The first-order valence-electron chi connectivity index (χ1n) is 4.79. The van der Waals surface area contributed by atoms with Crippen LogP contribution in [0.15, 0.2) is 36.7 Å². The SMILES string of the molecule is FC(F)(F)c1ccc(Cn2ccnc2I)cc1. The third-order valence-corrected chi connectivity index (χ3v) is 3.20. The molecule has 2 nitrogen and oxygen atoms in total. The summed E-state index contributed by atoms with van der Waals surface area (Å²) < 4.78 is 39.7. The second kappa shape index (κ2) is 4.67. The summed E-state index contributed by atoms with van der Waals surface area (Å²) >= 11 is 2.07. The Labute approximate surface area is 110 Å². The second-order valence-electron chi connectivity index (χ2n) is 3.52. The molecule has 0 aliphatic carbocycles. The minimum absolute atomic E-state index is 0.524. The Morgan fingerprint density at radius 1 is 1.18 bits per heavy atom. The van der Waals surface area contributed by atoms with Gasteiger partial charge in [-0.1, -0.05) is 12.1 Å². The molecule has 1 heterocycles. The van der Waals surface area contributed by atoms with Crippen LogP contribution in [0.2, 0.25) is 0 Å². The summed E-state index contributed by atoms with van der Waals surface area (Å²) in [4.78, 5) is 4.04. The molecular formula is C11H8F3IN2. The highest BCUT2D eigenvalue weighted by molar-refractivity contribution is 14.1. The monoisotopic (exact) mass is 352 g/mol. The molecule has 1 aromatic heterocycles. The van der Waals surface area contributed by atoms with Gasteiger partial charge >= 0.3 is 6.18 Å². The lowest BCUT2D eigenvalue weighted by molar-refractivity contribution is -0.137. The van der Waals surface area contributed by atoms with Gasteiger partial charge in [0.15, 0.2) is 3.83 Å². The molecule has 0 fully saturated rings. The highest BCUT2D eigenvalue weighted by Gasteiger charge is 2.29. The smallest absolute Gasteiger partial charge is 0.322 e. The van der Waals surface area contributed by atoms with Crippen molar-refractivity contribution in [3.8, 4) is 0 Å². The molecule has 0 radical (unpaired) electrons. The number of benzene rings is 1. The molecule has 0 saturated heterocycles. The van der Waals surface area contributed by atoms with Crippen LogP contribution in [0.3, 0.4) is 0 Å². The fraction of sp³-hybridized carbons (Fsp3) is 0.182. The van der Waals surface area contributed by atoms with Crippen LogP contribution in [0.4, 0.5) is 13.2 Å². The summed E-state index contributed by atoms with van der Waals surface area (Å²) in [6.07, 6.45) is -0.826. The van der Waals surface area contributed by atoms with E-state index in [1.807, 2.05) is 4.57 Å². The number of aromatic nitrogens is 2. The van der Waals surface area contributed by atoms with E-state index in [0.29, 0.717) is 6.54 Å². The lowest BCUT2D eigenvalue weighted by Crippen LogP contribution is -2.05. The number of hydrogen-bond acceptors (Lipinski definition) is 1. The normalized spacial score (nSPS) is 11.8. The topological polar surface area (TPSA) is 17.8 Å². The molecule has 2 rings (SSSR count). The largest absolute Gasteiger partial charge is 0.416 e. The summed E-state index contributed by atoms with van der Waals surface area (Å²) in [7, 11) is 0. The Morgan fingerprint density at radius 3 is 2.29 bits per heavy atom. The van der Waals surface area contributed by atoms with Crippen molar-refractivity contribution in [3.63, 3.8) is 0 Å². The first-order valence-corrected chi connectivity index (χ1v) is 5.87. The van der Waals surface area contributed by atoms with Gasteiger partial charge in [-0.15, -0.1) is 0 Å². The van der Waals surface area contributed by atoms with Gasteiger partial charge in [-0.2, -0.15) is 13.2 Å². The van der Waals surface area contributed by atoms with Crippen LogP contribution >= 0.6 is 22.6 Å². The number of alkyl halides is 3. The second-order valence-corrected chi connectivity index (χ2v) is 4.48. The molecule has 0 aliphatic rings. The molecule has 0 unspecified atom stereocenters. The van der Waals surface area contributed by atoms with Crippen molar-refractivity contribution in [2.75, 3.05) is 0 Å². The predicted octanol–water partition coefficient (Wildman–Crippen LogP) is 3.55. The van der Waals surface area contributed by atoms with E-state index in [1.54, 1.807) is 12.4 Å². The van der Waals surface area contributed by atoms with E-state index < -0.39 is 11.7 Å². The molecule has 2 aromatic rings. The molecule has 1 aromatic carbocycles. The Balaban J connectivity index is 2.17. The Bertz CT molecular complexity index is 502. The number of rotatable bonds is 2. The molecule has 0 saturated carbocycles. The van der Waals surface area contributed by atoms with Crippen molar-refractivity contribution in [1.29, 1.82) is 0 Å². The molecule has 0 N–H and O–H groups in total. The number of imidazole rings is 1. The zero-order valence-electron chi connectivity index (χ0n) is 8.58. The van der Waals surface area contributed by atoms with Gasteiger partial charge in [0, 0.05) is 18.9 Å². The van der Waals surface area contributed by atoms with Gasteiger partial charge in [-0.3, -0.25) is 0 Å². The summed E-state index contributed by atoms with van der Waals surface area (Å²) in [5.41, 5.74) is 0.190. The van der Waals surface area contributed by atoms with Crippen LogP contribution in [0.1, 0.15) is 11.1 Å². The third-order valence-electron chi connectivity index (χ3n) is 2.30. The molecule has 0 spiro atoms. The van der Waals surface area contributed by atoms with Gasteiger partial charge in [0.2, 0.25) is 0 Å². The number of hydrogen-bond donors (Lipinski definition) is 0. The average Bonchev–Trinajstić information content (AvgIpc) is 2.64. The number of halogens is 4. The highest BCUT2D eigenvalue weighted by Crippen LogP contribution is 2.29. The lowest BCUT2D eigenvalue weighted by Gasteiger charge is -2.08. The van der Waals surface area contributed by atoms with Crippen LogP contribution in [0.25, 0.3) is 0 Å². The maximum atomic E-state index is 12.3. The van der Waals surface area contributed by atoms with E-state index in [1.165, 1.54) is 12.1 Å². The van der Waals surface area contributed by atoms with Crippen molar-refractivity contribution in [2.24, 2.45) is 0 Å². The molecule has 90 valence electrons. The van der Waals surface area contributed by atoms with E-state index in [9.17, 15) is 13.2 Å². The number of nitrogens with zero attached hydrogens (tertiary/aromatic N) is 2. The van der Waals surface area contributed by atoms with Crippen LogP contribution in [0, 0.1) is 3.83 Å². The third kappa shape index (κ3) is 2.99. The maximum Gasteiger partial charge on any atom is 0.416 e. The van der Waals surface area contributed by atoms with Crippen LogP contribution in [0.5, 0.6) is 0 Å². The first kappa shape index (κ1) is 12.4. The predicted molar refractivity (Wildman–Crippen MR) is 65.5 cm³/mol. The van der Waals surface area contributed by atoms with Crippen LogP contribution in [-0.4, -0.2) is 9.55 Å². The van der Waals surface area contributed by atoms with Gasteiger partial charge in [0.25, 0.3) is 0 Å². The summed E-state index contributed by atoms with van der Waals surface area (Å²) in [6, 6.07) is 5.16. The Kier molecular flexibility index (Phi) is 3.41. The first-order chi connectivity index (χ1) is 7.97. The van der Waals surface area contributed by atoms with E-state index in [-0.39, 0.29) is 0 Å². The standard InChI is InChI=1S/C11H8F3IN2/c12-11(13,14)9-3-1-8(2-4-9)7-17-6-5-16-10(17)15/h1-6H,7H2. The van der Waals surface area contributed by atoms with Gasteiger partial charge < -0.3 is 4.57 Å². The van der Waals surface area contributed by atoms with Crippen molar-refractivity contribution < 1.29 is 13.2 Å². The molecule has 17 heavy (non-hydrogen) atoms. The Morgan fingerprint density at radius 2 is 1.82 bits per heavy atom. The zero-order chi connectivity index (χ0) is 12.5. The van der Waals surface area contributed by atoms with Gasteiger partial charge in [-0.25, -0.2) is 4.98 Å². The highest BCUT2D eigenvalue weighted by atomic mass is 127. The maximum absolute atomic E-state index is 12.3. The van der Waals surface area contributed by atoms with Gasteiger partial charge in [0.05, 0.1) is 5.56 Å². The molecule has 0 amide bonds. The fourth-order valence-corrected chi connectivity index (χ4v) is 1.92. The zero-order valence-corrected chi connectivity index (χ0v) is 10.7. The van der Waals surface area contributed by atoms with Crippen LogP contribution < -0.4 is 0 Å². The van der Waals surface area contributed by atoms with Crippen molar-refractivity contribution >= 4 is 22.6 Å².